The quantitative estimate of drug-likeness (QED) is 0.160. The third-order valence-corrected chi connectivity index (χ3v) is 21.0. The van der Waals surface area contributed by atoms with Crippen LogP contribution in [0.4, 0.5) is 51.2 Å². The van der Waals surface area contributed by atoms with Crippen molar-refractivity contribution in [3.8, 4) is 0 Å². The SMILES string of the molecule is [2H]c1c([2H])c([2H])c(N2c3c([2H])c4c5c6c3B(c3sc7c([2H])c8c(c([2H])c7c32)C(C)(C)CCC8(C)C)c2c([2H])c([2H])c(C(C)(C)C)c([2H])c2N6c2c([2H])c(C(C)(C)C)c([2H])c([2H])c2B5c2sc3c([2H])c5c(c([2H])c3c2N4c2c([2H])c([2H])c(C(C)(C)C)c([2H])c2[2H])C(C)(C)CCC5(C)C)c([2H])c1[2H]. The Morgan fingerprint density at radius 1 is 0.395 bits per heavy atom. The summed E-state index contributed by atoms with van der Waals surface area (Å²) in [4.78, 5) is 4.54. The zero-order valence-corrected chi connectivity index (χ0v) is 51.3. The summed E-state index contributed by atoms with van der Waals surface area (Å²) in [6.45, 7) is 29.9. The monoisotopic (exact) mass is 1120 g/mol. The maximum absolute atomic E-state index is 11.8. The molecule has 0 atom stereocenters. The van der Waals surface area contributed by atoms with Crippen LogP contribution in [0.1, 0.15) is 210 Å². The first kappa shape index (κ1) is 34.6. The fraction of sp³-hybridized carbons (Fsp3) is 0.378. The molecule has 15 rings (SSSR count). The van der Waals surface area contributed by atoms with Crippen molar-refractivity contribution < 1.29 is 27.4 Å². The Labute approximate surface area is 520 Å². The third kappa shape index (κ3) is 7.25. The van der Waals surface area contributed by atoms with Crippen LogP contribution in [0, 0.1) is 0 Å². The van der Waals surface area contributed by atoms with Crippen LogP contribution in [-0.4, -0.2) is 13.4 Å². The molecule has 0 saturated carbocycles. The highest BCUT2D eigenvalue weighted by Gasteiger charge is 2.54. The van der Waals surface area contributed by atoms with Crippen LogP contribution in [0.2, 0.25) is 0 Å². The van der Waals surface area contributed by atoms with E-state index >= 15 is 0 Å². The molecule has 0 saturated heterocycles. The van der Waals surface area contributed by atoms with E-state index in [1.807, 2.05) is 83.1 Å². The van der Waals surface area contributed by atoms with E-state index in [4.69, 9.17) is 1.37 Å². The number of para-hydroxylation sites is 1. The van der Waals surface area contributed by atoms with Gasteiger partial charge >= 0.3 is 0 Å². The van der Waals surface area contributed by atoms with Gasteiger partial charge in [-0.05, 0) is 191 Å². The molecule has 0 fully saturated rings. The molecule has 9 aromatic rings. The van der Waals surface area contributed by atoms with Crippen LogP contribution >= 0.6 is 22.7 Å². The summed E-state index contributed by atoms with van der Waals surface area (Å²) in [7, 11) is 0. The first-order valence-corrected chi connectivity index (χ1v) is 30.4. The van der Waals surface area contributed by atoms with Crippen molar-refractivity contribution in [1.82, 2.24) is 0 Å². The molecule has 0 N–H and O–H groups in total. The molecular weight excluding hydrogens is 1020 g/mol. The van der Waals surface area contributed by atoms with Gasteiger partial charge in [0.05, 0.1) is 38.8 Å². The average Bonchev–Trinajstić information content (AvgIpc) is 1.64. The number of fused-ring (bicyclic) bond motifs is 16. The molecule has 2 aliphatic carbocycles. The highest BCUT2D eigenvalue weighted by molar-refractivity contribution is 7.35. The molecule has 2 aromatic heterocycles. The van der Waals surface area contributed by atoms with E-state index in [0.29, 0.717) is 62.2 Å². The standard InChI is InChI=1S/C74H79B2N3S2/c1-68(2,3)42-23-27-46(28-24-42)78-58-41-57-61-65-62(58)76(67-64(78)48-38-50-52(40-60(48)81-67)74(16,17)34-32-72(50,12)13)54-30-26-44(70(7,8)9)36-56(54)79(65)55-35-43(69(4,5)6)25-29-53(55)75(61)66-63(77(57)45-21-19-18-20-22-45)47-37-49-51(39-59(47)80-66)73(14,15)33-31-71(49,10)11/h18-30,35-41H,31-34H2,1-17H3/i18D,19D,20D,21D,22D,23D,24D,25D,26D,27D,28D,29D,30D,35D,36D,37D,38D,39D,40D,41D. The fourth-order valence-corrected chi connectivity index (χ4v) is 16.2. The van der Waals surface area contributed by atoms with E-state index in [0.717, 1.165) is 22.7 Å². The number of anilines is 9. The van der Waals surface area contributed by atoms with Crippen LogP contribution in [0.3, 0.4) is 0 Å². The van der Waals surface area contributed by atoms with Crippen molar-refractivity contribution in [3.63, 3.8) is 0 Å². The summed E-state index contributed by atoms with van der Waals surface area (Å²) in [6, 6.07) is -7.66. The number of benzene rings is 7. The Balaban J connectivity index is 1.29. The Morgan fingerprint density at radius 3 is 1.16 bits per heavy atom. The van der Waals surface area contributed by atoms with E-state index in [9.17, 15) is 26.0 Å². The van der Waals surface area contributed by atoms with Gasteiger partial charge in [0.2, 0.25) is 0 Å². The molecule has 3 nitrogen and oxygen atoms in total. The molecule has 81 heavy (non-hydrogen) atoms. The molecule has 6 aliphatic rings. The van der Waals surface area contributed by atoms with Crippen molar-refractivity contribution >= 4 is 139 Å². The van der Waals surface area contributed by atoms with Crippen molar-refractivity contribution in [2.45, 2.75) is 181 Å². The number of rotatable bonds is 2. The predicted octanol–water partition coefficient (Wildman–Crippen LogP) is 17.4. The highest BCUT2D eigenvalue weighted by Crippen LogP contribution is 2.57. The van der Waals surface area contributed by atoms with Crippen molar-refractivity contribution in [2.75, 3.05) is 14.7 Å². The maximum atomic E-state index is 11.8. The molecule has 4 aliphatic heterocycles. The normalized spacial score (nSPS) is 22.0. The van der Waals surface area contributed by atoms with Crippen LogP contribution in [0.15, 0.2) is 121 Å². The lowest BCUT2D eigenvalue weighted by atomic mass is 9.31. The van der Waals surface area contributed by atoms with E-state index in [2.05, 4.69) is 13.8 Å². The number of nitrogens with zero attached hydrogens (tertiary/aromatic N) is 3. The molecule has 408 valence electrons. The van der Waals surface area contributed by atoms with Crippen LogP contribution in [0.25, 0.3) is 20.2 Å². The van der Waals surface area contributed by atoms with E-state index in [1.54, 1.807) is 25.7 Å². The predicted molar refractivity (Wildman–Crippen MR) is 357 cm³/mol. The summed E-state index contributed by atoms with van der Waals surface area (Å²) < 4.78 is 209. The van der Waals surface area contributed by atoms with Gasteiger partial charge in [-0.3, -0.25) is 0 Å². The van der Waals surface area contributed by atoms with Crippen molar-refractivity contribution in [2.24, 2.45) is 0 Å². The molecule has 0 bridgehead atoms. The molecule has 0 radical (unpaired) electrons. The minimum Gasteiger partial charge on any atom is -0.312 e. The number of hydrogen-bond acceptors (Lipinski definition) is 5. The minimum absolute atomic E-state index is 0.00629. The number of hydrogen-bond donors (Lipinski definition) is 0. The summed E-state index contributed by atoms with van der Waals surface area (Å²) >= 11 is 2.27. The second kappa shape index (κ2) is 16.4. The second-order valence-corrected chi connectivity index (χ2v) is 31.5. The van der Waals surface area contributed by atoms with E-state index in [-0.39, 0.29) is 160 Å². The Morgan fingerprint density at radius 2 is 0.765 bits per heavy atom. The lowest BCUT2D eigenvalue weighted by Gasteiger charge is -2.50. The largest absolute Gasteiger partial charge is 0.312 e. The Kier molecular flexibility index (Phi) is 7.00. The first-order valence-electron chi connectivity index (χ1n) is 38.7. The zero-order chi connectivity index (χ0) is 74.2. The first-order chi connectivity index (χ1) is 46.4. The van der Waals surface area contributed by atoms with Crippen molar-refractivity contribution in [1.29, 1.82) is 0 Å². The fourth-order valence-electron chi connectivity index (χ4n) is 13.7. The van der Waals surface area contributed by atoms with E-state index < -0.39 is 117 Å². The lowest BCUT2D eigenvalue weighted by molar-refractivity contribution is 0.332. The highest BCUT2D eigenvalue weighted by atomic mass is 32.1. The third-order valence-electron chi connectivity index (χ3n) is 18.7. The Hall–Kier alpha value is -6.01. The molecule has 7 aromatic carbocycles. The van der Waals surface area contributed by atoms with Crippen LogP contribution in [0.5, 0.6) is 0 Å². The molecule has 0 unspecified atom stereocenters. The van der Waals surface area contributed by atoms with Gasteiger partial charge in [-0.15, -0.1) is 22.7 Å². The summed E-state index contributed by atoms with van der Waals surface area (Å²) in [5, 5.41) is 0.318. The summed E-state index contributed by atoms with van der Waals surface area (Å²) in [5.74, 6) is 0. The van der Waals surface area contributed by atoms with Gasteiger partial charge in [0.1, 0.15) is 0 Å². The van der Waals surface area contributed by atoms with Gasteiger partial charge in [-0.1, -0.05) is 172 Å². The van der Waals surface area contributed by atoms with Gasteiger partial charge in [0.15, 0.2) is 0 Å². The van der Waals surface area contributed by atoms with Gasteiger partial charge < -0.3 is 14.7 Å². The van der Waals surface area contributed by atoms with Gasteiger partial charge in [0, 0.05) is 69.5 Å². The lowest BCUT2D eigenvalue weighted by Crippen LogP contribution is -2.68. The van der Waals surface area contributed by atoms with Crippen molar-refractivity contribution in [3.05, 3.63) is 160 Å². The minimum atomic E-state index is -1.37. The smallest absolute Gasteiger partial charge is 0.264 e. The van der Waals surface area contributed by atoms with E-state index in [1.165, 1.54) is 9.80 Å². The number of thiophene rings is 2. The van der Waals surface area contributed by atoms with Crippen LogP contribution in [-0.2, 0) is 37.9 Å². The van der Waals surface area contributed by atoms with Crippen LogP contribution < -0.4 is 46.1 Å². The average molecular weight is 1120 g/mol. The maximum Gasteiger partial charge on any atom is 0.264 e. The molecule has 0 spiro atoms. The molecule has 7 heteroatoms. The molecule has 0 amide bonds. The zero-order valence-electron chi connectivity index (χ0n) is 69.6. The topological polar surface area (TPSA) is 9.72 Å². The second-order valence-electron chi connectivity index (χ2n) is 29.4. The van der Waals surface area contributed by atoms with Gasteiger partial charge in [-0.25, -0.2) is 0 Å². The van der Waals surface area contributed by atoms with Gasteiger partial charge in [0.25, 0.3) is 13.4 Å². The molecule has 6 heterocycles. The summed E-state index contributed by atoms with van der Waals surface area (Å²) in [6.07, 6.45) is 2.57. The summed E-state index contributed by atoms with van der Waals surface area (Å²) in [5.41, 5.74) is -3.55. The molecular formula is C74H79B2N3S2. The Bertz CT molecular complexity index is 5340. The van der Waals surface area contributed by atoms with Gasteiger partial charge in [-0.2, -0.15) is 0 Å².